The molecule has 2 N–H and O–H groups in total. The third-order valence-electron chi connectivity index (χ3n) is 3.41. The molecule has 0 unspecified atom stereocenters. The molecule has 0 bridgehead atoms. The summed E-state index contributed by atoms with van der Waals surface area (Å²) < 4.78 is 40.3. The van der Waals surface area contributed by atoms with Gasteiger partial charge in [0.1, 0.15) is 5.82 Å². The van der Waals surface area contributed by atoms with Crippen LogP contribution in [0.25, 0.3) is 0 Å². The van der Waals surface area contributed by atoms with Gasteiger partial charge in [-0.25, -0.2) is 12.8 Å². The molecule has 114 valence electrons. The highest BCUT2D eigenvalue weighted by molar-refractivity contribution is 7.92. The number of halogens is 1. The van der Waals surface area contributed by atoms with Crippen molar-refractivity contribution in [3.63, 3.8) is 0 Å². The summed E-state index contributed by atoms with van der Waals surface area (Å²) in [6.45, 7) is 1.53. The normalized spacial score (nSPS) is 13.6. The molecule has 0 spiro atoms. The number of benzene rings is 2. The molecule has 1 aliphatic heterocycles. The van der Waals surface area contributed by atoms with Gasteiger partial charge >= 0.3 is 0 Å². The number of amides is 1. The van der Waals surface area contributed by atoms with Gasteiger partial charge in [0.15, 0.2) is 0 Å². The third-order valence-corrected chi connectivity index (χ3v) is 4.95. The van der Waals surface area contributed by atoms with Crippen LogP contribution in [0.5, 0.6) is 0 Å². The molecule has 0 radical (unpaired) electrons. The van der Waals surface area contributed by atoms with Crippen molar-refractivity contribution >= 4 is 27.3 Å². The highest BCUT2D eigenvalue weighted by atomic mass is 32.2. The molecule has 0 aliphatic carbocycles. The van der Waals surface area contributed by atoms with Crippen molar-refractivity contribution in [2.75, 3.05) is 10.0 Å². The predicted octanol–water partition coefficient (Wildman–Crippen LogP) is 2.43. The van der Waals surface area contributed by atoms with Crippen molar-refractivity contribution in [1.82, 2.24) is 0 Å². The Morgan fingerprint density at radius 1 is 1.18 bits per heavy atom. The average molecular weight is 320 g/mol. The van der Waals surface area contributed by atoms with E-state index in [9.17, 15) is 17.6 Å². The number of aryl methyl sites for hydroxylation is 1. The van der Waals surface area contributed by atoms with Crippen LogP contribution in [-0.2, 0) is 21.2 Å². The Morgan fingerprint density at radius 2 is 1.95 bits per heavy atom. The van der Waals surface area contributed by atoms with E-state index in [0.29, 0.717) is 16.9 Å². The van der Waals surface area contributed by atoms with Gasteiger partial charge in [-0.2, -0.15) is 0 Å². The van der Waals surface area contributed by atoms with Crippen molar-refractivity contribution in [3.8, 4) is 0 Å². The van der Waals surface area contributed by atoms with Gasteiger partial charge in [0.25, 0.3) is 10.0 Å². The first-order chi connectivity index (χ1) is 10.3. The molecule has 1 aliphatic rings. The summed E-state index contributed by atoms with van der Waals surface area (Å²) in [5.41, 5.74) is 2.11. The number of anilines is 2. The van der Waals surface area contributed by atoms with Crippen LogP contribution in [0.3, 0.4) is 0 Å². The molecule has 5 nitrogen and oxygen atoms in total. The molecule has 0 atom stereocenters. The van der Waals surface area contributed by atoms with Crippen LogP contribution < -0.4 is 10.0 Å². The molecule has 2 aromatic carbocycles. The summed E-state index contributed by atoms with van der Waals surface area (Å²) >= 11 is 0. The summed E-state index contributed by atoms with van der Waals surface area (Å²) in [7, 11) is -3.81. The first-order valence-electron chi connectivity index (χ1n) is 6.57. The summed E-state index contributed by atoms with van der Waals surface area (Å²) in [5.74, 6) is -0.608. The zero-order chi connectivity index (χ0) is 15.9. The van der Waals surface area contributed by atoms with Gasteiger partial charge in [0, 0.05) is 11.4 Å². The van der Waals surface area contributed by atoms with E-state index < -0.39 is 15.8 Å². The molecule has 1 heterocycles. The van der Waals surface area contributed by atoms with Crippen LogP contribution in [0, 0.1) is 12.7 Å². The molecule has 0 saturated heterocycles. The zero-order valence-electron chi connectivity index (χ0n) is 11.7. The SMILES string of the molecule is Cc1cc(F)ccc1S(=O)(=O)Nc1ccc2c(c1)CC(=O)N2. The highest BCUT2D eigenvalue weighted by Crippen LogP contribution is 2.27. The van der Waals surface area contributed by atoms with Crippen molar-refractivity contribution in [1.29, 1.82) is 0 Å². The average Bonchev–Trinajstić information content (AvgIpc) is 2.77. The fourth-order valence-corrected chi connectivity index (χ4v) is 3.69. The van der Waals surface area contributed by atoms with E-state index in [2.05, 4.69) is 10.0 Å². The number of nitrogens with one attached hydrogen (secondary N) is 2. The van der Waals surface area contributed by atoms with Crippen molar-refractivity contribution in [2.24, 2.45) is 0 Å². The summed E-state index contributed by atoms with van der Waals surface area (Å²) in [5, 5.41) is 2.68. The smallest absolute Gasteiger partial charge is 0.262 e. The summed E-state index contributed by atoms with van der Waals surface area (Å²) in [4.78, 5) is 11.3. The monoisotopic (exact) mass is 320 g/mol. The Bertz CT molecular complexity index is 878. The largest absolute Gasteiger partial charge is 0.326 e. The Balaban J connectivity index is 1.92. The summed E-state index contributed by atoms with van der Waals surface area (Å²) in [6, 6.07) is 8.33. The van der Waals surface area contributed by atoms with Gasteiger partial charge in [0.05, 0.1) is 11.3 Å². The first-order valence-corrected chi connectivity index (χ1v) is 8.05. The van der Waals surface area contributed by atoms with E-state index in [1.54, 1.807) is 18.2 Å². The first kappa shape index (κ1) is 14.5. The maximum Gasteiger partial charge on any atom is 0.262 e. The fraction of sp³-hybridized carbons (Fsp3) is 0.133. The van der Waals surface area contributed by atoms with E-state index in [-0.39, 0.29) is 17.2 Å². The van der Waals surface area contributed by atoms with Gasteiger partial charge in [-0.15, -0.1) is 0 Å². The molecule has 0 fully saturated rings. The lowest BCUT2D eigenvalue weighted by Crippen LogP contribution is -2.14. The maximum atomic E-state index is 13.1. The lowest BCUT2D eigenvalue weighted by atomic mass is 10.1. The van der Waals surface area contributed by atoms with Gasteiger partial charge < -0.3 is 5.32 Å². The molecular formula is C15H13FN2O3S. The Kier molecular flexibility index (Phi) is 3.37. The maximum absolute atomic E-state index is 13.1. The minimum atomic E-state index is -3.81. The van der Waals surface area contributed by atoms with Crippen LogP contribution in [0.15, 0.2) is 41.3 Å². The lowest BCUT2D eigenvalue weighted by Gasteiger charge is -2.11. The number of rotatable bonds is 3. The van der Waals surface area contributed by atoms with Gasteiger partial charge in [0.2, 0.25) is 5.91 Å². The molecular weight excluding hydrogens is 307 g/mol. The molecule has 22 heavy (non-hydrogen) atoms. The molecule has 2 aromatic rings. The van der Waals surface area contributed by atoms with Crippen LogP contribution >= 0.6 is 0 Å². The van der Waals surface area contributed by atoms with Crippen LogP contribution in [0.1, 0.15) is 11.1 Å². The second-order valence-corrected chi connectivity index (χ2v) is 6.76. The number of hydrogen-bond donors (Lipinski definition) is 2. The number of fused-ring (bicyclic) bond motifs is 1. The summed E-state index contributed by atoms with van der Waals surface area (Å²) in [6.07, 6.45) is 0.223. The number of carbonyl (C=O) groups is 1. The minimum Gasteiger partial charge on any atom is -0.326 e. The van der Waals surface area contributed by atoms with E-state index in [4.69, 9.17) is 0 Å². The number of carbonyl (C=O) groups excluding carboxylic acids is 1. The Hall–Kier alpha value is -2.41. The van der Waals surface area contributed by atoms with Gasteiger partial charge in [-0.1, -0.05) is 0 Å². The fourth-order valence-electron chi connectivity index (χ4n) is 2.42. The van der Waals surface area contributed by atoms with Crippen molar-refractivity contribution < 1.29 is 17.6 Å². The second kappa shape index (κ2) is 5.10. The minimum absolute atomic E-state index is 0.0172. The van der Waals surface area contributed by atoms with E-state index in [1.807, 2.05) is 0 Å². The number of sulfonamides is 1. The van der Waals surface area contributed by atoms with Crippen LogP contribution in [0.2, 0.25) is 0 Å². The molecule has 0 aromatic heterocycles. The van der Waals surface area contributed by atoms with Crippen LogP contribution in [-0.4, -0.2) is 14.3 Å². The predicted molar refractivity (Wildman–Crippen MR) is 80.7 cm³/mol. The third kappa shape index (κ3) is 2.67. The standard InChI is InChI=1S/C15H13FN2O3S/c1-9-6-11(16)2-5-14(9)22(20,21)18-12-3-4-13-10(7-12)8-15(19)17-13/h2-7,18H,8H2,1H3,(H,17,19). The molecule has 7 heteroatoms. The van der Waals surface area contributed by atoms with E-state index >= 15 is 0 Å². The Morgan fingerprint density at radius 3 is 2.68 bits per heavy atom. The zero-order valence-corrected chi connectivity index (χ0v) is 12.5. The van der Waals surface area contributed by atoms with Gasteiger partial charge in [-0.05, 0) is 54.4 Å². The van der Waals surface area contributed by atoms with Crippen molar-refractivity contribution in [3.05, 3.63) is 53.3 Å². The lowest BCUT2D eigenvalue weighted by molar-refractivity contribution is -0.115. The van der Waals surface area contributed by atoms with Crippen LogP contribution in [0.4, 0.5) is 15.8 Å². The number of hydrogen-bond acceptors (Lipinski definition) is 3. The van der Waals surface area contributed by atoms with Crippen molar-refractivity contribution in [2.45, 2.75) is 18.2 Å². The van der Waals surface area contributed by atoms with Gasteiger partial charge in [-0.3, -0.25) is 9.52 Å². The van der Waals surface area contributed by atoms with E-state index in [0.717, 1.165) is 11.6 Å². The Labute approximate surface area is 127 Å². The second-order valence-electron chi connectivity index (χ2n) is 5.11. The molecule has 0 saturated carbocycles. The molecule has 1 amide bonds. The quantitative estimate of drug-likeness (QED) is 0.912. The topological polar surface area (TPSA) is 75.3 Å². The highest BCUT2D eigenvalue weighted by Gasteiger charge is 2.21. The van der Waals surface area contributed by atoms with E-state index in [1.165, 1.54) is 19.1 Å². The molecule has 3 rings (SSSR count).